The summed E-state index contributed by atoms with van der Waals surface area (Å²) in [4.78, 5) is 32.1. The lowest BCUT2D eigenvalue weighted by atomic mass is 10.1. The molecule has 4 heterocycles. The normalized spacial score (nSPS) is 13.4. The third-order valence-electron chi connectivity index (χ3n) is 5.58. The fraction of sp³-hybridized carbons (Fsp3) is 0.160. The zero-order valence-electron chi connectivity index (χ0n) is 18.9. The van der Waals surface area contributed by atoms with Crippen molar-refractivity contribution in [2.75, 3.05) is 47.6 Å². The number of carbonyl (C=O) groups is 1. The van der Waals surface area contributed by atoms with Crippen molar-refractivity contribution in [3.63, 3.8) is 0 Å². The Morgan fingerprint density at radius 1 is 1.09 bits per heavy atom. The number of nitrogen functional groups attached to an aromatic ring is 1. The summed E-state index contributed by atoms with van der Waals surface area (Å²) in [6.45, 7) is 6.52. The summed E-state index contributed by atoms with van der Waals surface area (Å²) in [6.07, 6.45) is 4.58. The second-order valence-electron chi connectivity index (χ2n) is 7.89. The zero-order valence-corrected chi connectivity index (χ0v) is 18.9. The molecule has 1 fully saturated rings. The van der Waals surface area contributed by atoms with E-state index in [1.54, 1.807) is 24.5 Å². The monoisotopic (exact) mass is 468 g/mol. The molecule has 1 saturated heterocycles. The van der Waals surface area contributed by atoms with E-state index in [0.29, 0.717) is 47.3 Å². The van der Waals surface area contributed by atoms with Crippen LogP contribution in [0.3, 0.4) is 0 Å². The first kappa shape index (κ1) is 22.2. The maximum Gasteiger partial charge on any atom is 0.247 e. The molecule has 1 aliphatic heterocycles. The van der Waals surface area contributed by atoms with Gasteiger partial charge in [-0.2, -0.15) is 4.98 Å². The van der Waals surface area contributed by atoms with Crippen LogP contribution in [0, 0.1) is 0 Å². The number of carbonyl (C=O) groups excluding carboxylic acids is 1. The number of pyridine rings is 2. The number of nitrogens with two attached hydrogens (primary N) is 1. The number of rotatable bonds is 6. The minimum Gasteiger partial charge on any atom is -0.383 e. The van der Waals surface area contributed by atoms with Crippen molar-refractivity contribution in [2.45, 2.75) is 0 Å². The molecule has 4 N–H and O–H groups in total. The Balaban J connectivity index is 1.45. The van der Waals surface area contributed by atoms with Gasteiger partial charge in [0.05, 0.1) is 36.3 Å². The van der Waals surface area contributed by atoms with Gasteiger partial charge in [-0.25, -0.2) is 9.97 Å². The number of nitrogens with zero attached hydrogens (tertiary/aromatic N) is 5. The van der Waals surface area contributed by atoms with Crippen LogP contribution in [0.1, 0.15) is 0 Å². The minimum atomic E-state index is -0.300. The number of fused-ring (bicyclic) bond motifs is 1. The van der Waals surface area contributed by atoms with E-state index < -0.39 is 0 Å². The van der Waals surface area contributed by atoms with Crippen molar-refractivity contribution in [3.05, 3.63) is 67.5 Å². The van der Waals surface area contributed by atoms with Crippen LogP contribution in [-0.2, 0) is 9.53 Å². The number of anilines is 5. The van der Waals surface area contributed by atoms with Gasteiger partial charge in [-0.15, -0.1) is 0 Å². The van der Waals surface area contributed by atoms with E-state index in [2.05, 4.69) is 37.1 Å². The Kier molecular flexibility index (Phi) is 6.18. The van der Waals surface area contributed by atoms with E-state index in [0.717, 1.165) is 30.2 Å². The summed E-state index contributed by atoms with van der Waals surface area (Å²) in [5, 5.41) is 6.65. The lowest BCUT2D eigenvalue weighted by Gasteiger charge is -2.27. The molecule has 35 heavy (non-hydrogen) atoms. The Bertz CT molecular complexity index is 1380. The van der Waals surface area contributed by atoms with Crippen molar-refractivity contribution in [1.29, 1.82) is 0 Å². The molecule has 0 bridgehead atoms. The van der Waals surface area contributed by atoms with Crippen molar-refractivity contribution in [2.24, 2.45) is 0 Å². The van der Waals surface area contributed by atoms with Crippen LogP contribution < -0.4 is 21.3 Å². The van der Waals surface area contributed by atoms with Crippen LogP contribution in [0.4, 0.5) is 29.0 Å². The van der Waals surface area contributed by atoms with Gasteiger partial charge >= 0.3 is 0 Å². The number of hydrogen-bond acceptors (Lipinski definition) is 9. The topological polar surface area (TPSA) is 131 Å². The van der Waals surface area contributed by atoms with Crippen molar-refractivity contribution in [3.8, 4) is 11.3 Å². The number of nitrogens with one attached hydrogen (secondary N) is 2. The first-order valence-corrected chi connectivity index (χ1v) is 11.1. The molecule has 0 unspecified atom stereocenters. The summed E-state index contributed by atoms with van der Waals surface area (Å²) in [6, 6.07) is 13.0. The molecule has 176 valence electrons. The first-order valence-electron chi connectivity index (χ1n) is 11.1. The predicted molar refractivity (Wildman–Crippen MR) is 137 cm³/mol. The standard InChI is InChI=1S/C25H24N8O2/c1-2-22(34)29-16-8-9-27-20(14-16)18-4-3-5-19-23(18)31-25(32-24(19)26)30-17-6-7-21(28-15-17)33-10-12-35-13-11-33/h2-9,14-15H,1,10-13H2,(H,27,29,34)(H3,26,30,31,32). The molecular formula is C25H24N8O2. The number of hydrogen-bond donors (Lipinski definition) is 3. The number of aromatic nitrogens is 4. The zero-order chi connectivity index (χ0) is 24.2. The highest BCUT2D eigenvalue weighted by atomic mass is 16.5. The summed E-state index contributed by atoms with van der Waals surface area (Å²) < 4.78 is 5.40. The van der Waals surface area contributed by atoms with Crippen LogP contribution >= 0.6 is 0 Å². The third kappa shape index (κ3) is 4.87. The van der Waals surface area contributed by atoms with Gasteiger partial charge in [0.1, 0.15) is 11.6 Å². The number of ether oxygens (including phenoxy) is 1. The second kappa shape index (κ2) is 9.74. The number of amides is 1. The van der Waals surface area contributed by atoms with E-state index >= 15 is 0 Å². The van der Waals surface area contributed by atoms with E-state index in [4.69, 9.17) is 15.5 Å². The van der Waals surface area contributed by atoms with E-state index in [9.17, 15) is 4.79 Å². The molecule has 10 heteroatoms. The van der Waals surface area contributed by atoms with Gasteiger partial charge in [0.2, 0.25) is 11.9 Å². The Labute approximate surface area is 201 Å². The lowest BCUT2D eigenvalue weighted by Crippen LogP contribution is -2.36. The van der Waals surface area contributed by atoms with Crippen LogP contribution in [0.5, 0.6) is 0 Å². The summed E-state index contributed by atoms with van der Waals surface area (Å²) in [7, 11) is 0. The molecule has 10 nitrogen and oxygen atoms in total. The molecule has 0 saturated carbocycles. The third-order valence-corrected chi connectivity index (χ3v) is 5.58. The maximum atomic E-state index is 11.7. The van der Waals surface area contributed by atoms with Crippen molar-refractivity contribution in [1.82, 2.24) is 19.9 Å². The number of morpholine rings is 1. The van der Waals surface area contributed by atoms with Crippen LogP contribution in [-0.4, -0.2) is 52.1 Å². The molecule has 1 aromatic carbocycles. The first-order chi connectivity index (χ1) is 17.1. The molecular weight excluding hydrogens is 444 g/mol. The lowest BCUT2D eigenvalue weighted by molar-refractivity contribution is -0.111. The fourth-order valence-electron chi connectivity index (χ4n) is 3.86. The highest BCUT2D eigenvalue weighted by Gasteiger charge is 2.14. The van der Waals surface area contributed by atoms with Gasteiger partial charge in [0, 0.05) is 35.9 Å². The molecule has 0 aliphatic carbocycles. The Hall–Kier alpha value is -4.57. The average Bonchev–Trinajstić information content (AvgIpc) is 2.89. The highest BCUT2D eigenvalue weighted by Crippen LogP contribution is 2.31. The highest BCUT2D eigenvalue weighted by molar-refractivity contribution is 6.01. The molecule has 3 aromatic heterocycles. The second-order valence-corrected chi connectivity index (χ2v) is 7.89. The van der Waals surface area contributed by atoms with Gasteiger partial charge < -0.3 is 26.0 Å². The molecule has 1 amide bonds. The smallest absolute Gasteiger partial charge is 0.247 e. The summed E-state index contributed by atoms with van der Waals surface area (Å²) in [5.74, 6) is 1.29. The quantitative estimate of drug-likeness (QED) is 0.364. The molecule has 0 spiro atoms. The SMILES string of the molecule is C=CC(=O)Nc1ccnc(-c2cccc3c(N)nc(Nc4ccc(N5CCOCC5)nc4)nc23)c1. The largest absolute Gasteiger partial charge is 0.383 e. The van der Waals surface area contributed by atoms with Crippen LogP contribution in [0.2, 0.25) is 0 Å². The van der Waals surface area contributed by atoms with Crippen molar-refractivity contribution < 1.29 is 9.53 Å². The van der Waals surface area contributed by atoms with E-state index in [-0.39, 0.29) is 5.91 Å². The van der Waals surface area contributed by atoms with E-state index in [1.165, 1.54) is 6.08 Å². The minimum absolute atomic E-state index is 0.300. The van der Waals surface area contributed by atoms with Gasteiger partial charge in [-0.05, 0) is 36.4 Å². The van der Waals surface area contributed by atoms with Crippen LogP contribution in [0.25, 0.3) is 22.2 Å². The van der Waals surface area contributed by atoms with Crippen molar-refractivity contribution >= 4 is 45.8 Å². The Morgan fingerprint density at radius 3 is 2.71 bits per heavy atom. The fourth-order valence-corrected chi connectivity index (χ4v) is 3.86. The van der Waals surface area contributed by atoms with Gasteiger partial charge in [0.15, 0.2) is 0 Å². The molecule has 5 rings (SSSR count). The van der Waals surface area contributed by atoms with Gasteiger partial charge in [0.25, 0.3) is 0 Å². The summed E-state index contributed by atoms with van der Waals surface area (Å²) >= 11 is 0. The van der Waals surface area contributed by atoms with Gasteiger partial charge in [-0.3, -0.25) is 9.78 Å². The summed E-state index contributed by atoms with van der Waals surface area (Å²) in [5.41, 5.74) is 9.66. The maximum absolute atomic E-state index is 11.7. The molecule has 0 atom stereocenters. The molecule has 4 aromatic rings. The predicted octanol–water partition coefficient (Wildman–Crippen LogP) is 3.37. The van der Waals surface area contributed by atoms with Gasteiger partial charge in [-0.1, -0.05) is 18.7 Å². The molecule has 0 radical (unpaired) electrons. The molecule has 1 aliphatic rings. The number of para-hydroxylation sites is 1. The average molecular weight is 469 g/mol. The van der Waals surface area contributed by atoms with E-state index in [1.807, 2.05) is 30.3 Å². The number of benzene rings is 1. The van der Waals surface area contributed by atoms with Crippen LogP contribution in [0.15, 0.2) is 67.5 Å². The Morgan fingerprint density at radius 2 is 1.94 bits per heavy atom.